The molecule has 96 valence electrons. The molecule has 2 unspecified atom stereocenters. The zero-order chi connectivity index (χ0) is 12.7. The van der Waals surface area contributed by atoms with Gasteiger partial charge in [-0.3, -0.25) is 0 Å². The molecular formula is C14H18N2OS. The van der Waals surface area contributed by atoms with Crippen molar-refractivity contribution in [1.29, 1.82) is 0 Å². The second-order valence-electron chi connectivity index (χ2n) is 5.15. The number of methoxy groups -OCH3 is 1. The second-order valence-corrected chi connectivity index (χ2v) is 5.53. The lowest BCUT2D eigenvalue weighted by Crippen LogP contribution is -2.09. The monoisotopic (exact) mass is 262 g/mol. The number of aryl methyl sites for hydroxylation is 1. The Labute approximate surface area is 112 Å². The van der Waals surface area contributed by atoms with Gasteiger partial charge in [0.15, 0.2) is 4.77 Å². The highest BCUT2D eigenvalue weighted by molar-refractivity contribution is 7.71. The van der Waals surface area contributed by atoms with Crippen LogP contribution in [0.3, 0.4) is 0 Å². The van der Waals surface area contributed by atoms with Gasteiger partial charge in [-0.25, -0.2) is 0 Å². The van der Waals surface area contributed by atoms with Crippen molar-refractivity contribution in [2.45, 2.75) is 38.3 Å². The average Bonchev–Trinajstić information content (AvgIpc) is 2.92. The number of nitrogens with one attached hydrogen (secondary N) is 1. The van der Waals surface area contributed by atoms with Crippen molar-refractivity contribution in [1.82, 2.24) is 9.55 Å². The number of fused-ring (bicyclic) bond motifs is 1. The van der Waals surface area contributed by atoms with E-state index in [0.717, 1.165) is 29.6 Å². The molecule has 3 rings (SSSR count). The standard InChI is InChI=1S/C14H18N2OS/c1-9-3-6-12-13(7-9)16(14(18)15-12)10-4-5-11(8-10)17-2/h3,6-7,10-11H,4-5,8H2,1-2H3,(H,15,18). The number of nitrogens with zero attached hydrogens (tertiary/aromatic N) is 1. The molecule has 1 N–H and O–H groups in total. The number of aromatic amines is 1. The van der Waals surface area contributed by atoms with E-state index in [1.807, 2.05) is 0 Å². The fraction of sp³-hybridized carbons (Fsp3) is 0.500. The molecule has 0 spiro atoms. The van der Waals surface area contributed by atoms with Gasteiger partial charge >= 0.3 is 0 Å². The van der Waals surface area contributed by atoms with E-state index in [2.05, 4.69) is 34.7 Å². The van der Waals surface area contributed by atoms with Crippen LogP contribution in [-0.4, -0.2) is 22.8 Å². The highest BCUT2D eigenvalue weighted by atomic mass is 32.1. The van der Waals surface area contributed by atoms with Gasteiger partial charge < -0.3 is 14.3 Å². The van der Waals surface area contributed by atoms with E-state index in [1.165, 1.54) is 11.1 Å². The Morgan fingerprint density at radius 1 is 1.39 bits per heavy atom. The summed E-state index contributed by atoms with van der Waals surface area (Å²) in [6.07, 6.45) is 3.72. The summed E-state index contributed by atoms with van der Waals surface area (Å²) in [5.74, 6) is 0. The second kappa shape index (κ2) is 4.52. The van der Waals surface area contributed by atoms with Gasteiger partial charge in [-0.2, -0.15) is 0 Å². The number of benzene rings is 1. The largest absolute Gasteiger partial charge is 0.381 e. The number of rotatable bonds is 2. The van der Waals surface area contributed by atoms with Gasteiger partial charge in [-0.15, -0.1) is 0 Å². The fourth-order valence-electron chi connectivity index (χ4n) is 2.96. The number of aromatic nitrogens is 2. The highest BCUT2D eigenvalue weighted by Crippen LogP contribution is 2.34. The van der Waals surface area contributed by atoms with E-state index in [0.29, 0.717) is 12.1 Å². The quantitative estimate of drug-likeness (QED) is 0.835. The number of hydrogen-bond donors (Lipinski definition) is 1. The first-order valence-electron chi connectivity index (χ1n) is 6.42. The first kappa shape index (κ1) is 11.9. The number of ether oxygens (including phenoxy) is 1. The van der Waals surface area contributed by atoms with E-state index in [-0.39, 0.29) is 0 Å². The van der Waals surface area contributed by atoms with Crippen LogP contribution in [0.5, 0.6) is 0 Å². The molecule has 1 saturated carbocycles. The molecule has 2 atom stereocenters. The Bertz CT molecular complexity index is 628. The predicted octanol–water partition coefficient (Wildman–Crippen LogP) is 3.75. The zero-order valence-corrected chi connectivity index (χ0v) is 11.6. The summed E-state index contributed by atoms with van der Waals surface area (Å²) in [6, 6.07) is 6.91. The first-order chi connectivity index (χ1) is 8.69. The zero-order valence-electron chi connectivity index (χ0n) is 10.8. The molecule has 18 heavy (non-hydrogen) atoms. The maximum Gasteiger partial charge on any atom is 0.178 e. The molecule has 1 heterocycles. The molecule has 4 heteroatoms. The van der Waals surface area contributed by atoms with E-state index >= 15 is 0 Å². The minimum atomic E-state index is 0.381. The summed E-state index contributed by atoms with van der Waals surface area (Å²) in [7, 11) is 1.80. The van der Waals surface area contributed by atoms with Crippen molar-refractivity contribution >= 4 is 23.3 Å². The normalized spacial score (nSPS) is 23.9. The number of H-pyrrole nitrogens is 1. The average molecular weight is 262 g/mol. The Morgan fingerprint density at radius 3 is 2.94 bits per heavy atom. The number of hydrogen-bond acceptors (Lipinski definition) is 2. The summed E-state index contributed by atoms with van der Waals surface area (Å²) in [6.45, 7) is 2.12. The van der Waals surface area contributed by atoms with Gasteiger partial charge in [0.05, 0.1) is 17.1 Å². The smallest absolute Gasteiger partial charge is 0.178 e. The summed E-state index contributed by atoms with van der Waals surface area (Å²) < 4.78 is 8.56. The van der Waals surface area contributed by atoms with Gasteiger partial charge in [-0.05, 0) is 56.1 Å². The Balaban J connectivity index is 2.08. The molecule has 2 aromatic rings. The van der Waals surface area contributed by atoms with Crippen LogP contribution < -0.4 is 0 Å². The Morgan fingerprint density at radius 2 is 2.22 bits per heavy atom. The summed E-state index contributed by atoms with van der Waals surface area (Å²) in [5, 5.41) is 0. The molecule has 1 aromatic heterocycles. The lowest BCUT2D eigenvalue weighted by molar-refractivity contribution is 0.106. The van der Waals surface area contributed by atoms with Crippen LogP contribution in [0.15, 0.2) is 18.2 Å². The Kier molecular flexibility index (Phi) is 2.99. The molecule has 0 radical (unpaired) electrons. The third-order valence-corrected chi connectivity index (χ3v) is 4.23. The van der Waals surface area contributed by atoms with Gasteiger partial charge in [0.1, 0.15) is 0 Å². The molecule has 1 aliphatic carbocycles. The highest BCUT2D eigenvalue weighted by Gasteiger charge is 2.27. The van der Waals surface area contributed by atoms with E-state index < -0.39 is 0 Å². The lowest BCUT2D eigenvalue weighted by atomic mass is 10.2. The molecule has 0 saturated heterocycles. The van der Waals surface area contributed by atoms with Gasteiger partial charge in [0.2, 0.25) is 0 Å². The van der Waals surface area contributed by atoms with Crippen LogP contribution in [0.4, 0.5) is 0 Å². The van der Waals surface area contributed by atoms with Gasteiger partial charge in [0.25, 0.3) is 0 Å². The van der Waals surface area contributed by atoms with Gasteiger partial charge in [-0.1, -0.05) is 6.07 Å². The molecular weight excluding hydrogens is 244 g/mol. The van der Waals surface area contributed by atoms with Crippen LogP contribution in [0.25, 0.3) is 11.0 Å². The Hall–Kier alpha value is -1.13. The van der Waals surface area contributed by atoms with E-state index in [9.17, 15) is 0 Å². The van der Waals surface area contributed by atoms with Crippen LogP contribution in [0.1, 0.15) is 30.9 Å². The van der Waals surface area contributed by atoms with Crippen LogP contribution in [-0.2, 0) is 4.74 Å². The predicted molar refractivity (Wildman–Crippen MR) is 75.5 cm³/mol. The molecule has 1 fully saturated rings. The van der Waals surface area contributed by atoms with Crippen molar-refractivity contribution in [3.05, 3.63) is 28.5 Å². The van der Waals surface area contributed by atoms with Crippen molar-refractivity contribution in [2.75, 3.05) is 7.11 Å². The van der Waals surface area contributed by atoms with Crippen LogP contribution in [0.2, 0.25) is 0 Å². The minimum absolute atomic E-state index is 0.381. The third-order valence-electron chi connectivity index (χ3n) is 3.93. The van der Waals surface area contributed by atoms with Crippen molar-refractivity contribution in [2.24, 2.45) is 0 Å². The first-order valence-corrected chi connectivity index (χ1v) is 6.83. The maximum absolute atomic E-state index is 5.47. The van der Waals surface area contributed by atoms with Crippen LogP contribution >= 0.6 is 12.2 Å². The molecule has 3 nitrogen and oxygen atoms in total. The maximum atomic E-state index is 5.47. The summed E-state index contributed by atoms with van der Waals surface area (Å²) >= 11 is 5.47. The minimum Gasteiger partial charge on any atom is -0.381 e. The van der Waals surface area contributed by atoms with Crippen molar-refractivity contribution < 1.29 is 4.74 Å². The molecule has 1 aliphatic rings. The third kappa shape index (κ3) is 1.89. The fourth-order valence-corrected chi connectivity index (χ4v) is 3.32. The molecule has 0 bridgehead atoms. The molecule has 0 aliphatic heterocycles. The number of imidazole rings is 1. The van der Waals surface area contributed by atoms with Crippen LogP contribution in [0, 0.1) is 11.7 Å². The molecule has 1 aromatic carbocycles. The molecule has 0 amide bonds. The summed E-state index contributed by atoms with van der Waals surface area (Å²) in [5.41, 5.74) is 3.62. The van der Waals surface area contributed by atoms with Crippen molar-refractivity contribution in [3.63, 3.8) is 0 Å². The lowest BCUT2D eigenvalue weighted by Gasteiger charge is -2.13. The topological polar surface area (TPSA) is 29.9 Å². The summed E-state index contributed by atoms with van der Waals surface area (Å²) in [4.78, 5) is 3.30. The van der Waals surface area contributed by atoms with Gasteiger partial charge in [0, 0.05) is 13.2 Å². The van der Waals surface area contributed by atoms with E-state index in [4.69, 9.17) is 17.0 Å². The van der Waals surface area contributed by atoms with Crippen molar-refractivity contribution in [3.8, 4) is 0 Å². The van der Waals surface area contributed by atoms with E-state index in [1.54, 1.807) is 7.11 Å². The SMILES string of the molecule is COC1CCC(n2c(=S)[nH]c3ccc(C)cc32)C1.